The van der Waals surface area contributed by atoms with Crippen LogP contribution in [-0.2, 0) is 0 Å². The van der Waals surface area contributed by atoms with E-state index in [-0.39, 0.29) is 0 Å². The summed E-state index contributed by atoms with van der Waals surface area (Å²) in [6, 6.07) is 29.6. The molecule has 0 amide bonds. The minimum atomic E-state index is 0.928. The Morgan fingerprint density at radius 3 is 2.25 bits per heavy atom. The second-order valence-corrected chi connectivity index (χ2v) is 7.16. The predicted molar refractivity (Wildman–Crippen MR) is 118 cm³/mol. The SMILES string of the molecule is C1=Cc2cc(-c3ccc4oc5ccccc5c4c3)ccc2Nc2ccccc21. The summed E-state index contributed by atoms with van der Waals surface area (Å²) in [5.41, 5.74) is 8.90. The highest BCUT2D eigenvalue weighted by atomic mass is 16.3. The number of hydrogen-bond acceptors (Lipinski definition) is 2. The first-order chi connectivity index (χ1) is 13.8. The summed E-state index contributed by atoms with van der Waals surface area (Å²) < 4.78 is 5.97. The van der Waals surface area contributed by atoms with E-state index in [1.54, 1.807) is 0 Å². The molecule has 0 radical (unpaired) electrons. The average Bonchev–Trinajstić information content (AvgIpc) is 3.00. The molecular formula is C26H17NO. The van der Waals surface area contributed by atoms with Crippen LogP contribution < -0.4 is 5.32 Å². The summed E-state index contributed by atoms with van der Waals surface area (Å²) in [5, 5.41) is 5.87. The van der Waals surface area contributed by atoms with Crippen molar-refractivity contribution in [3.63, 3.8) is 0 Å². The van der Waals surface area contributed by atoms with Crippen molar-refractivity contribution in [2.45, 2.75) is 0 Å². The number of rotatable bonds is 1. The molecule has 0 aliphatic carbocycles. The summed E-state index contributed by atoms with van der Waals surface area (Å²) in [6.45, 7) is 0. The molecule has 5 aromatic rings. The molecule has 1 aromatic heterocycles. The standard InChI is InChI=1S/C26H17NO/c1-3-7-23-17(5-1)9-10-20-15-18(11-13-24(20)27-23)19-12-14-26-22(16-19)21-6-2-4-8-25(21)28-26/h1-16,27H. The van der Waals surface area contributed by atoms with Gasteiger partial charge in [-0.15, -0.1) is 0 Å². The minimum absolute atomic E-state index is 0.928. The van der Waals surface area contributed by atoms with Crippen molar-refractivity contribution in [2.24, 2.45) is 0 Å². The predicted octanol–water partition coefficient (Wildman–Crippen LogP) is 7.48. The number of anilines is 2. The Morgan fingerprint density at radius 2 is 1.25 bits per heavy atom. The first-order valence-electron chi connectivity index (χ1n) is 9.45. The highest BCUT2D eigenvalue weighted by Gasteiger charge is 2.11. The Hall–Kier alpha value is -3.78. The maximum absolute atomic E-state index is 5.97. The van der Waals surface area contributed by atoms with Gasteiger partial charge >= 0.3 is 0 Å². The summed E-state index contributed by atoms with van der Waals surface area (Å²) in [4.78, 5) is 0. The van der Waals surface area contributed by atoms with Gasteiger partial charge in [0.25, 0.3) is 0 Å². The van der Waals surface area contributed by atoms with Gasteiger partial charge in [-0.2, -0.15) is 0 Å². The van der Waals surface area contributed by atoms with Gasteiger partial charge in [0.05, 0.1) is 0 Å². The fraction of sp³-hybridized carbons (Fsp3) is 0. The lowest BCUT2D eigenvalue weighted by molar-refractivity contribution is 0.669. The van der Waals surface area contributed by atoms with Crippen LogP contribution in [0, 0.1) is 0 Å². The highest BCUT2D eigenvalue weighted by molar-refractivity contribution is 6.06. The van der Waals surface area contributed by atoms with E-state index >= 15 is 0 Å². The molecular weight excluding hydrogens is 342 g/mol. The van der Waals surface area contributed by atoms with Crippen LogP contribution in [0.4, 0.5) is 11.4 Å². The second kappa shape index (κ2) is 5.86. The van der Waals surface area contributed by atoms with Crippen molar-refractivity contribution in [1.82, 2.24) is 0 Å². The van der Waals surface area contributed by atoms with Gasteiger partial charge in [0.2, 0.25) is 0 Å². The summed E-state index contributed by atoms with van der Waals surface area (Å²) >= 11 is 0. The number of hydrogen-bond donors (Lipinski definition) is 1. The Morgan fingerprint density at radius 1 is 0.536 bits per heavy atom. The summed E-state index contributed by atoms with van der Waals surface area (Å²) in [5.74, 6) is 0. The molecule has 4 aromatic carbocycles. The number of para-hydroxylation sites is 2. The fourth-order valence-corrected chi connectivity index (χ4v) is 3.98. The third kappa shape index (κ3) is 2.35. The molecule has 0 bridgehead atoms. The van der Waals surface area contributed by atoms with Crippen LogP contribution in [0.15, 0.2) is 89.3 Å². The maximum atomic E-state index is 5.97. The minimum Gasteiger partial charge on any atom is -0.456 e. The van der Waals surface area contributed by atoms with E-state index in [1.807, 2.05) is 12.1 Å². The van der Waals surface area contributed by atoms with Crippen molar-refractivity contribution in [3.05, 3.63) is 96.1 Å². The first kappa shape index (κ1) is 15.3. The normalized spacial score (nSPS) is 12.4. The zero-order chi connectivity index (χ0) is 18.5. The lowest BCUT2D eigenvalue weighted by Crippen LogP contribution is -1.93. The molecule has 0 saturated carbocycles. The van der Waals surface area contributed by atoms with Crippen molar-refractivity contribution in [2.75, 3.05) is 5.32 Å². The number of nitrogens with one attached hydrogen (secondary N) is 1. The lowest BCUT2D eigenvalue weighted by atomic mass is 9.99. The third-order valence-corrected chi connectivity index (χ3v) is 5.43. The summed E-state index contributed by atoms with van der Waals surface area (Å²) in [6.07, 6.45) is 4.36. The monoisotopic (exact) mass is 359 g/mol. The number of benzene rings is 4. The van der Waals surface area contributed by atoms with Gasteiger partial charge in [-0.1, -0.05) is 60.7 Å². The molecule has 1 N–H and O–H groups in total. The van der Waals surface area contributed by atoms with Crippen molar-refractivity contribution in [1.29, 1.82) is 0 Å². The topological polar surface area (TPSA) is 25.2 Å². The van der Waals surface area contributed by atoms with E-state index in [0.29, 0.717) is 0 Å². The molecule has 0 saturated heterocycles. The highest BCUT2D eigenvalue weighted by Crippen LogP contribution is 2.35. The molecule has 1 aliphatic rings. The van der Waals surface area contributed by atoms with Gasteiger partial charge in [0.1, 0.15) is 11.2 Å². The molecule has 2 nitrogen and oxygen atoms in total. The van der Waals surface area contributed by atoms with Crippen LogP contribution in [0.3, 0.4) is 0 Å². The van der Waals surface area contributed by atoms with Crippen molar-refractivity contribution < 1.29 is 4.42 Å². The molecule has 0 unspecified atom stereocenters. The number of fused-ring (bicyclic) bond motifs is 5. The maximum Gasteiger partial charge on any atom is 0.135 e. The van der Waals surface area contributed by atoms with Gasteiger partial charge in [0, 0.05) is 22.1 Å². The smallest absolute Gasteiger partial charge is 0.135 e. The van der Waals surface area contributed by atoms with Crippen LogP contribution in [-0.4, -0.2) is 0 Å². The molecule has 2 heteroatoms. The van der Waals surface area contributed by atoms with Gasteiger partial charge in [-0.3, -0.25) is 0 Å². The van der Waals surface area contributed by atoms with E-state index in [2.05, 4.69) is 90.3 Å². The van der Waals surface area contributed by atoms with Crippen molar-refractivity contribution >= 4 is 45.5 Å². The Balaban J connectivity index is 1.48. The average molecular weight is 359 g/mol. The third-order valence-electron chi connectivity index (χ3n) is 5.43. The lowest BCUT2D eigenvalue weighted by Gasteiger charge is -2.11. The second-order valence-electron chi connectivity index (χ2n) is 7.16. The van der Waals surface area contributed by atoms with Gasteiger partial charge in [0.15, 0.2) is 0 Å². The Kier molecular flexibility index (Phi) is 3.20. The zero-order valence-electron chi connectivity index (χ0n) is 15.1. The van der Waals surface area contributed by atoms with Crippen LogP contribution in [0.5, 0.6) is 0 Å². The Labute approximate surface area is 162 Å². The van der Waals surface area contributed by atoms with Gasteiger partial charge in [-0.25, -0.2) is 0 Å². The van der Waals surface area contributed by atoms with Crippen molar-refractivity contribution in [3.8, 4) is 11.1 Å². The molecule has 132 valence electrons. The molecule has 0 spiro atoms. The molecule has 1 aliphatic heterocycles. The van der Waals surface area contributed by atoms with Crippen LogP contribution in [0.2, 0.25) is 0 Å². The van der Waals surface area contributed by atoms with E-state index in [0.717, 1.165) is 33.3 Å². The molecule has 0 fully saturated rings. The Bertz CT molecular complexity index is 1390. The molecule has 28 heavy (non-hydrogen) atoms. The van der Waals surface area contributed by atoms with E-state index in [9.17, 15) is 0 Å². The van der Waals surface area contributed by atoms with E-state index in [4.69, 9.17) is 4.42 Å². The van der Waals surface area contributed by atoms with E-state index < -0.39 is 0 Å². The molecule has 2 heterocycles. The molecule has 6 rings (SSSR count). The fourth-order valence-electron chi connectivity index (χ4n) is 3.98. The first-order valence-corrected chi connectivity index (χ1v) is 9.45. The van der Waals surface area contributed by atoms with Gasteiger partial charge < -0.3 is 9.73 Å². The van der Waals surface area contributed by atoms with Gasteiger partial charge in [-0.05, 0) is 58.7 Å². The number of furan rings is 1. The largest absolute Gasteiger partial charge is 0.456 e. The molecule has 0 atom stereocenters. The van der Waals surface area contributed by atoms with Crippen LogP contribution in [0.1, 0.15) is 11.1 Å². The quantitative estimate of drug-likeness (QED) is 0.329. The zero-order valence-corrected chi connectivity index (χ0v) is 15.1. The van der Waals surface area contributed by atoms with Crippen LogP contribution in [0.25, 0.3) is 45.2 Å². The van der Waals surface area contributed by atoms with Crippen LogP contribution >= 0.6 is 0 Å². The summed E-state index contributed by atoms with van der Waals surface area (Å²) in [7, 11) is 0. The van der Waals surface area contributed by atoms with E-state index in [1.165, 1.54) is 22.3 Å².